The summed E-state index contributed by atoms with van der Waals surface area (Å²) in [6.07, 6.45) is 22.3. The van der Waals surface area contributed by atoms with Gasteiger partial charge in [0, 0.05) is 0 Å². The van der Waals surface area contributed by atoms with Crippen LogP contribution in [0.4, 0.5) is 0 Å². The van der Waals surface area contributed by atoms with Gasteiger partial charge in [-0.15, -0.1) is 0 Å². The van der Waals surface area contributed by atoms with Gasteiger partial charge in [-0.1, -0.05) is 103 Å². The van der Waals surface area contributed by atoms with E-state index in [1.807, 2.05) is 0 Å². The number of ether oxygens (including phenoxy) is 2. The molecule has 1 N–H and O–H groups in total. The van der Waals surface area contributed by atoms with Gasteiger partial charge in [0.25, 0.3) is 0 Å². The van der Waals surface area contributed by atoms with E-state index in [0.717, 1.165) is 6.42 Å². The molecule has 150 valence electrons. The number of hydrogen-bond acceptors (Lipinski definition) is 3. The van der Waals surface area contributed by atoms with Crippen LogP contribution in [-0.4, -0.2) is 37.1 Å². The molecule has 0 aromatic rings. The number of aliphatic hydroxyl groups is 1. The van der Waals surface area contributed by atoms with Crippen molar-refractivity contribution in [2.45, 2.75) is 122 Å². The summed E-state index contributed by atoms with van der Waals surface area (Å²) >= 11 is 0. The molecule has 1 aliphatic heterocycles. The summed E-state index contributed by atoms with van der Waals surface area (Å²) in [5.74, 6) is 0. The minimum atomic E-state index is -0.0997. The van der Waals surface area contributed by atoms with E-state index < -0.39 is 0 Å². The summed E-state index contributed by atoms with van der Waals surface area (Å²) in [4.78, 5) is 0. The lowest BCUT2D eigenvalue weighted by Crippen LogP contribution is -2.37. The normalized spacial score (nSPS) is 20.9. The van der Waals surface area contributed by atoms with E-state index in [1.54, 1.807) is 0 Å². The van der Waals surface area contributed by atoms with Crippen LogP contribution in [0.2, 0.25) is 0 Å². The summed E-state index contributed by atoms with van der Waals surface area (Å²) in [6, 6.07) is 0. The zero-order chi connectivity index (χ0) is 18.0. The fraction of sp³-hybridized carbons (Fsp3) is 1.00. The van der Waals surface area contributed by atoms with Gasteiger partial charge in [-0.25, -0.2) is 0 Å². The van der Waals surface area contributed by atoms with Gasteiger partial charge in [0.2, 0.25) is 0 Å². The number of rotatable bonds is 17. The molecule has 0 aromatic heterocycles. The van der Waals surface area contributed by atoms with Crippen LogP contribution in [0.25, 0.3) is 0 Å². The van der Waals surface area contributed by atoms with Crippen LogP contribution in [0.5, 0.6) is 0 Å². The lowest BCUT2D eigenvalue weighted by molar-refractivity contribution is -0.146. The Balaban J connectivity index is 1.71. The zero-order valence-corrected chi connectivity index (χ0v) is 16.9. The van der Waals surface area contributed by atoms with Crippen molar-refractivity contribution in [1.82, 2.24) is 0 Å². The Labute approximate surface area is 156 Å². The Morgan fingerprint density at radius 3 is 1.40 bits per heavy atom. The summed E-state index contributed by atoms with van der Waals surface area (Å²) in [5, 5.41) is 8.99. The van der Waals surface area contributed by atoms with Crippen LogP contribution in [-0.2, 0) is 9.47 Å². The van der Waals surface area contributed by atoms with Gasteiger partial charge in [0.1, 0.15) is 6.10 Å². The van der Waals surface area contributed by atoms with Crippen molar-refractivity contribution in [3.63, 3.8) is 0 Å². The van der Waals surface area contributed by atoms with E-state index in [2.05, 4.69) is 6.92 Å². The van der Waals surface area contributed by atoms with E-state index in [0.29, 0.717) is 13.2 Å². The molecule has 0 unspecified atom stereocenters. The lowest BCUT2D eigenvalue weighted by atomic mass is 10.0. The molecule has 0 bridgehead atoms. The van der Waals surface area contributed by atoms with Gasteiger partial charge in [-0.05, 0) is 6.42 Å². The molecule has 0 aromatic carbocycles. The maximum absolute atomic E-state index is 8.99. The van der Waals surface area contributed by atoms with Gasteiger partial charge >= 0.3 is 0 Å². The molecule has 1 rings (SSSR count). The van der Waals surface area contributed by atoms with E-state index in [1.165, 1.54) is 96.3 Å². The predicted molar refractivity (Wildman–Crippen MR) is 106 cm³/mol. The van der Waals surface area contributed by atoms with Gasteiger partial charge < -0.3 is 14.6 Å². The molecule has 2 atom stereocenters. The second-order valence-electron chi connectivity index (χ2n) is 7.83. The highest BCUT2D eigenvalue weighted by atomic mass is 16.6. The Morgan fingerprint density at radius 1 is 0.600 bits per heavy atom. The minimum Gasteiger partial charge on any atom is -0.394 e. The molecule has 0 saturated carbocycles. The summed E-state index contributed by atoms with van der Waals surface area (Å²) in [5.41, 5.74) is 0. The highest BCUT2D eigenvalue weighted by Gasteiger charge is 2.20. The first-order valence-electron chi connectivity index (χ1n) is 11.2. The maximum atomic E-state index is 8.99. The second kappa shape index (κ2) is 17.3. The van der Waals surface area contributed by atoms with Crippen LogP contribution < -0.4 is 0 Å². The van der Waals surface area contributed by atoms with Crippen LogP contribution >= 0.6 is 0 Å². The van der Waals surface area contributed by atoms with E-state index in [-0.39, 0.29) is 18.8 Å². The van der Waals surface area contributed by atoms with Crippen LogP contribution in [0.15, 0.2) is 0 Å². The Hall–Kier alpha value is -0.120. The quantitative estimate of drug-likeness (QED) is 0.324. The van der Waals surface area contributed by atoms with Gasteiger partial charge in [-0.2, -0.15) is 0 Å². The molecule has 1 aliphatic rings. The topological polar surface area (TPSA) is 38.7 Å². The molecule has 3 nitrogen and oxygen atoms in total. The van der Waals surface area contributed by atoms with Crippen molar-refractivity contribution in [2.24, 2.45) is 0 Å². The fourth-order valence-electron chi connectivity index (χ4n) is 3.60. The van der Waals surface area contributed by atoms with Crippen molar-refractivity contribution in [3.8, 4) is 0 Å². The summed E-state index contributed by atoms with van der Waals surface area (Å²) < 4.78 is 11.3. The molecular weight excluding hydrogens is 312 g/mol. The lowest BCUT2D eigenvalue weighted by Gasteiger charge is -2.28. The molecule has 0 aliphatic carbocycles. The van der Waals surface area contributed by atoms with Gasteiger partial charge in [-0.3, -0.25) is 0 Å². The molecule has 1 fully saturated rings. The van der Waals surface area contributed by atoms with E-state index in [9.17, 15) is 0 Å². The van der Waals surface area contributed by atoms with Crippen molar-refractivity contribution in [1.29, 1.82) is 0 Å². The fourth-order valence-corrected chi connectivity index (χ4v) is 3.60. The first kappa shape index (κ1) is 22.9. The Kier molecular flexibility index (Phi) is 15.9. The molecule has 1 heterocycles. The second-order valence-corrected chi connectivity index (χ2v) is 7.83. The van der Waals surface area contributed by atoms with Gasteiger partial charge in [0.15, 0.2) is 0 Å². The monoisotopic (exact) mass is 356 g/mol. The molecule has 1 saturated heterocycles. The highest BCUT2D eigenvalue weighted by Crippen LogP contribution is 2.16. The third kappa shape index (κ3) is 13.7. The smallest absolute Gasteiger partial charge is 0.104 e. The standard InChI is InChI=1S/C22H44O3/c1-2-3-4-5-6-7-8-9-10-11-12-13-14-15-16-17-21-19-25-22(18-23)20-24-21/h21-23H,2-20H2,1H3/t21-,22-/m0/s1. The molecule has 0 spiro atoms. The zero-order valence-electron chi connectivity index (χ0n) is 16.9. The minimum absolute atomic E-state index is 0.0751. The van der Waals surface area contributed by atoms with E-state index in [4.69, 9.17) is 14.6 Å². The molecule has 0 amide bonds. The van der Waals surface area contributed by atoms with Crippen LogP contribution in [0, 0.1) is 0 Å². The van der Waals surface area contributed by atoms with Gasteiger partial charge in [0.05, 0.1) is 25.9 Å². The third-order valence-corrected chi connectivity index (χ3v) is 5.37. The predicted octanol–water partition coefficient (Wildman–Crippen LogP) is 6.02. The van der Waals surface area contributed by atoms with Crippen molar-refractivity contribution < 1.29 is 14.6 Å². The molecule has 0 radical (unpaired) electrons. The summed E-state index contributed by atoms with van der Waals surface area (Å²) in [6.45, 7) is 3.57. The maximum Gasteiger partial charge on any atom is 0.104 e. The molecule has 3 heteroatoms. The number of unbranched alkanes of at least 4 members (excludes halogenated alkanes) is 14. The SMILES string of the molecule is CCCCCCCCCCCCCCCCC[C@H]1CO[C@@H](CO)CO1. The number of aliphatic hydroxyl groups excluding tert-OH is 1. The van der Waals surface area contributed by atoms with Crippen LogP contribution in [0.1, 0.15) is 110 Å². The Bertz CT molecular complexity index is 262. The summed E-state index contributed by atoms with van der Waals surface area (Å²) in [7, 11) is 0. The number of hydrogen-bond donors (Lipinski definition) is 1. The first-order chi connectivity index (χ1) is 12.4. The Morgan fingerprint density at radius 2 is 1.00 bits per heavy atom. The molecule has 25 heavy (non-hydrogen) atoms. The largest absolute Gasteiger partial charge is 0.394 e. The highest BCUT2D eigenvalue weighted by molar-refractivity contribution is 4.67. The molecular formula is C22H44O3. The first-order valence-corrected chi connectivity index (χ1v) is 11.2. The third-order valence-electron chi connectivity index (χ3n) is 5.37. The van der Waals surface area contributed by atoms with E-state index >= 15 is 0 Å². The van der Waals surface area contributed by atoms with Crippen molar-refractivity contribution in [2.75, 3.05) is 19.8 Å². The van der Waals surface area contributed by atoms with Crippen molar-refractivity contribution in [3.05, 3.63) is 0 Å². The van der Waals surface area contributed by atoms with Crippen molar-refractivity contribution >= 4 is 0 Å². The average molecular weight is 357 g/mol. The average Bonchev–Trinajstić information content (AvgIpc) is 2.65. The van der Waals surface area contributed by atoms with Crippen LogP contribution in [0.3, 0.4) is 0 Å².